The lowest BCUT2D eigenvalue weighted by Gasteiger charge is -2.16. The maximum atomic E-state index is 12.5. The van der Waals surface area contributed by atoms with Gasteiger partial charge in [-0.25, -0.2) is 0 Å². The summed E-state index contributed by atoms with van der Waals surface area (Å²) < 4.78 is 0. The molecule has 1 aromatic carbocycles. The molecule has 0 aromatic heterocycles. The Kier molecular flexibility index (Phi) is 4.69. The Morgan fingerprint density at radius 2 is 2.24 bits per heavy atom. The molecule has 0 saturated carbocycles. The predicted octanol–water partition coefficient (Wildman–Crippen LogP) is 2.68. The molecule has 1 aliphatic heterocycles. The van der Waals surface area contributed by atoms with Crippen LogP contribution in [0.15, 0.2) is 24.3 Å². The number of hydrogen-bond donors (Lipinski definition) is 1. The molecule has 21 heavy (non-hydrogen) atoms. The van der Waals surface area contributed by atoms with Gasteiger partial charge in [-0.2, -0.15) is 0 Å². The van der Waals surface area contributed by atoms with Crippen LogP contribution in [0.25, 0.3) is 0 Å². The number of rotatable bonds is 2. The van der Waals surface area contributed by atoms with Crippen LogP contribution in [0.2, 0.25) is 0 Å². The molecule has 3 heteroatoms. The highest BCUT2D eigenvalue weighted by Gasteiger charge is 2.25. The molecular formula is C18H23NO2. The lowest BCUT2D eigenvalue weighted by molar-refractivity contribution is 0.0787. The summed E-state index contributed by atoms with van der Waals surface area (Å²) in [7, 11) is 0. The van der Waals surface area contributed by atoms with E-state index in [-0.39, 0.29) is 5.91 Å². The molecule has 1 atom stereocenters. The van der Waals surface area contributed by atoms with Crippen molar-refractivity contribution in [3.8, 4) is 11.8 Å². The van der Waals surface area contributed by atoms with Gasteiger partial charge in [0.2, 0.25) is 0 Å². The van der Waals surface area contributed by atoms with Gasteiger partial charge in [-0.15, -0.1) is 0 Å². The zero-order valence-electron chi connectivity index (χ0n) is 13.0. The summed E-state index contributed by atoms with van der Waals surface area (Å²) in [4.78, 5) is 14.4. The molecule has 0 radical (unpaired) electrons. The SMILES string of the molecule is CC[C@H]1CCN(C(=O)c2cccc(C#CC(C)(C)O)c2)C1. The molecule has 1 amide bonds. The van der Waals surface area contributed by atoms with Crippen molar-refractivity contribution in [3.63, 3.8) is 0 Å². The molecule has 3 nitrogen and oxygen atoms in total. The Hall–Kier alpha value is -1.79. The minimum atomic E-state index is -1.02. The van der Waals surface area contributed by atoms with E-state index in [1.165, 1.54) is 0 Å². The highest BCUT2D eigenvalue weighted by Crippen LogP contribution is 2.21. The molecule has 1 saturated heterocycles. The second-order valence-electron chi connectivity index (χ2n) is 6.20. The van der Waals surface area contributed by atoms with Crippen molar-refractivity contribution < 1.29 is 9.90 Å². The Morgan fingerprint density at radius 3 is 2.86 bits per heavy atom. The monoisotopic (exact) mass is 285 g/mol. The Bertz CT molecular complexity index is 575. The first-order valence-electron chi connectivity index (χ1n) is 7.54. The topological polar surface area (TPSA) is 40.5 Å². The Morgan fingerprint density at radius 1 is 1.48 bits per heavy atom. The minimum Gasteiger partial charge on any atom is -0.378 e. The van der Waals surface area contributed by atoms with Crippen molar-refractivity contribution in [2.45, 2.75) is 39.2 Å². The number of benzene rings is 1. The van der Waals surface area contributed by atoms with Crippen LogP contribution in [0.3, 0.4) is 0 Å². The third-order valence-corrected chi connectivity index (χ3v) is 3.77. The third kappa shape index (κ3) is 4.34. The standard InChI is InChI=1S/C18H23NO2/c1-4-14-9-11-19(13-14)17(20)16-7-5-6-15(12-16)8-10-18(2,3)21/h5-7,12,14,21H,4,9,11,13H2,1-3H3/t14-/m0/s1. The van der Waals surface area contributed by atoms with Crippen molar-refractivity contribution in [1.82, 2.24) is 4.90 Å². The maximum Gasteiger partial charge on any atom is 0.253 e. The zero-order chi connectivity index (χ0) is 15.5. The molecule has 1 aliphatic rings. The lowest BCUT2D eigenvalue weighted by atomic mass is 10.1. The molecule has 0 bridgehead atoms. The highest BCUT2D eigenvalue weighted by molar-refractivity contribution is 5.94. The highest BCUT2D eigenvalue weighted by atomic mass is 16.3. The first kappa shape index (κ1) is 15.6. The maximum absolute atomic E-state index is 12.5. The number of amides is 1. The van der Waals surface area contributed by atoms with Crippen molar-refractivity contribution >= 4 is 5.91 Å². The van der Waals surface area contributed by atoms with Gasteiger partial charge in [0.05, 0.1) is 0 Å². The van der Waals surface area contributed by atoms with E-state index in [9.17, 15) is 9.90 Å². The fourth-order valence-electron chi connectivity index (χ4n) is 2.49. The summed E-state index contributed by atoms with van der Waals surface area (Å²) in [5.74, 6) is 6.40. The van der Waals surface area contributed by atoms with Crippen LogP contribution in [0.4, 0.5) is 0 Å². The quantitative estimate of drug-likeness (QED) is 0.849. The zero-order valence-corrected chi connectivity index (χ0v) is 13.0. The number of aliphatic hydroxyl groups is 1. The van der Waals surface area contributed by atoms with E-state index >= 15 is 0 Å². The molecule has 1 N–H and O–H groups in total. The smallest absolute Gasteiger partial charge is 0.253 e. The van der Waals surface area contributed by atoms with Crippen molar-refractivity contribution in [2.24, 2.45) is 5.92 Å². The first-order valence-corrected chi connectivity index (χ1v) is 7.54. The van der Waals surface area contributed by atoms with E-state index in [2.05, 4.69) is 18.8 Å². The molecule has 1 aromatic rings. The lowest BCUT2D eigenvalue weighted by Crippen LogP contribution is -2.28. The van der Waals surface area contributed by atoms with Crippen molar-refractivity contribution in [1.29, 1.82) is 0 Å². The normalized spacial score (nSPS) is 18.3. The van der Waals surface area contributed by atoms with Gasteiger partial charge in [0.1, 0.15) is 5.60 Å². The molecule has 0 aliphatic carbocycles. The average Bonchev–Trinajstić information content (AvgIpc) is 2.93. The summed E-state index contributed by atoms with van der Waals surface area (Å²) in [5, 5.41) is 9.64. The summed E-state index contributed by atoms with van der Waals surface area (Å²) >= 11 is 0. The minimum absolute atomic E-state index is 0.0814. The summed E-state index contributed by atoms with van der Waals surface area (Å²) in [5.41, 5.74) is 0.409. The molecule has 2 rings (SSSR count). The van der Waals surface area contributed by atoms with Crippen LogP contribution < -0.4 is 0 Å². The molecule has 1 fully saturated rings. The van der Waals surface area contributed by atoms with Crippen LogP contribution in [0.5, 0.6) is 0 Å². The van der Waals surface area contributed by atoms with Gasteiger partial charge < -0.3 is 10.0 Å². The van der Waals surface area contributed by atoms with Gasteiger partial charge in [0.25, 0.3) is 5.91 Å². The Labute approximate surface area is 127 Å². The number of carbonyl (C=O) groups is 1. The van der Waals surface area contributed by atoms with Crippen LogP contribution >= 0.6 is 0 Å². The number of nitrogens with zero attached hydrogens (tertiary/aromatic N) is 1. The molecule has 0 spiro atoms. The van der Waals surface area contributed by atoms with Crippen LogP contribution in [0, 0.1) is 17.8 Å². The number of hydrogen-bond acceptors (Lipinski definition) is 2. The van der Waals surface area contributed by atoms with E-state index < -0.39 is 5.60 Å². The fraction of sp³-hybridized carbons (Fsp3) is 0.500. The number of likely N-dealkylation sites (tertiary alicyclic amines) is 1. The largest absolute Gasteiger partial charge is 0.378 e. The van der Waals surface area contributed by atoms with E-state index in [1.54, 1.807) is 19.9 Å². The van der Waals surface area contributed by atoms with Gasteiger partial charge in [-0.1, -0.05) is 31.3 Å². The molecule has 112 valence electrons. The summed E-state index contributed by atoms with van der Waals surface area (Å²) in [6.07, 6.45) is 2.22. The molecule has 0 unspecified atom stereocenters. The summed E-state index contributed by atoms with van der Waals surface area (Å²) in [6.45, 7) is 7.16. The molecular weight excluding hydrogens is 262 g/mol. The fourth-order valence-corrected chi connectivity index (χ4v) is 2.49. The van der Waals surface area contributed by atoms with Gasteiger partial charge >= 0.3 is 0 Å². The second-order valence-corrected chi connectivity index (χ2v) is 6.20. The van der Waals surface area contributed by atoms with Crippen molar-refractivity contribution in [3.05, 3.63) is 35.4 Å². The third-order valence-electron chi connectivity index (χ3n) is 3.77. The predicted molar refractivity (Wildman–Crippen MR) is 83.9 cm³/mol. The van der Waals surface area contributed by atoms with E-state index in [0.717, 1.165) is 31.5 Å². The first-order chi connectivity index (χ1) is 9.89. The van der Waals surface area contributed by atoms with Crippen molar-refractivity contribution in [2.75, 3.05) is 13.1 Å². The van der Waals surface area contributed by atoms with E-state index in [0.29, 0.717) is 11.5 Å². The van der Waals surface area contributed by atoms with E-state index in [1.807, 2.05) is 23.1 Å². The van der Waals surface area contributed by atoms with Crippen LogP contribution in [0.1, 0.15) is 49.5 Å². The number of carbonyl (C=O) groups excluding carboxylic acids is 1. The average molecular weight is 285 g/mol. The van der Waals surface area contributed by atoms with E-state index in [4.69, 9.17) is 0 Å². The van der Waals surface area contributed by atoms with Gasteiger partial charge in [-0.05, 0) is 44.4 Å². The van der Waals surface area contributed by atoms with Crippen LogP contribution in [-0.4, -0.2) is 34.6 Å². The van der Waals surface area contributed by atoms with Gasteiger partial charge in [0.15, 0.2) is 0 Å². The molecule has 1 heterocycles. The van der Waals surface area contributed by atoms with Gasteiger partial charge in [0, 0.05) is 24.2 Å². The summed E-state index contributed by atoms with van der Waals surface area (Å²) in [6, 6.07) is 7.33. The second kappa shape index (κ2) is 6.32. The Balaban J connectivity index is 2.13. The van der Waals surface area contributed by atoms with Crippen LogP contribution in [-0.2, 0) is 0 Å². The van der Waals surface area contributed by atoms with Gasteiger partial charge in [-0.3, -0.25) is 4.79 Å².